The van der Waals surface area contributed by atoms with Crippen molar-refractivity contribution in [3.8, 4) is 5.75 Å². The molecule has 20 heavy (non-hydrogen) atoms. The lowest BCUT2D eigenvalue weighted by Gasteiger charge is -2.11. The number of halogens is 1. The van der Waals surface area contributed by atoms with Crippen LogP contribution < -0.4 is 10.6 Å². The highest BCUT2D eigenvalue weighted by molar-refractivity contribution is 14.1. The van der Waals surface area contributed by atoms with Crippen LogP contribution in [0.25, 0.3) is 0 Å². The molecule has 0 unspecified atom stereocenters. The minimum Gasteiger partial charge on any atom is -0.506 e. The minimum atomic E-state index is -0.289. The minimum absolute atomic E-state index is 0.0680. The Morgan fingerprint density at radius 1 is 1.10 bits per heavy atom. The lowest BCUT2D eigenvalue weighted by Crippen LogP contribution is -2.34. The number of benzene rings is 2. The average molecular weight is 398 g/mol. The van der Waals surface area contributed by atoms with Crippen molar-refractivity contribution in [2.45, 2.75) is 0 Å². The number of phenols is 1. The number of anilines is 1. The molecule has 102 valence electrons. The molecule has 1 amide bonds. The maximum atomic E-state index is 12.0. The van der Waals surface area contributed by atoms with E-state index in [1.54, 1.807) is 30.3 Å². The molecular weight excluding hydrogens is 387 g/mol. The van der Waals surface area contributed by atoms with Gasteiger partial charge >= 0.3 is 0 Å². The van der Waals surface area contributed by atoms with Crippen molar-refractivity contribution >= 4 is 51.5 Å². The van der Waals surface area contributed by atoms with Crippen molar-refractivity contribution < 1.29 is 9.90 Å². The van der Waals surface area contributed by atoms with Gasteiger partial charge in [-0.25, -0.2) is 0 Å². The van der Waals surface area contributed by atoms with Gasteiger partial charge in [-0.05, 0) is 59.1 Å². The fourth-order valence-corrected chi connectivity index (χ4v) is 2.38. The third-order valence-corrected chi connectivity index (χ3v) is 3.64. The maximum absolute atomic E-state index is 12.0. The molecule has 6 heteroatoms. The van der Waals surface area contributed by atoms with Crippen LogP contribution in [0, 0.1) is 3.57 Å². The molecule has 0 aliphatic carbocycles. The average Bonchev–Trinajstić information content (AvgIpc) is 2.41. The second kappa shape index (κ2) is 6.67. The number of thiocarbonyl (C=S) groups is 1. The predicted octanol–water partition coefficient (Wildman–Crippen LogP) is 3.12. The van der Waals surface area contributed by atoms with Crippen molar-refractivity contribution in [1.29, 1.82) is 0 Å². The molecule has 0 aromatic heterocycles. The number of aromatic hydroxyl groups is 1. The van der Waals surface area contributed by atoms with Crippen molar-refractivity contribution in [1.82, 2.24) is 5.32 Å². The second-order valence-corrected chi connectivity index (χ2v) is 5.48. The maximum Gasteiger partial charge on any atom is 0.258 e. The number of nitrogens with one attached hydrogen (secondary N) is 2. The van der Waals surface area contributed by atoms with Crippen LogP contribution in [0.2, 0.25) is 0 Å². The first-order valence-electron chi connectivity index (χ1n) is 5.73. The van der Waals surface area contributed by atoms with E-state index >= 15 is 0 Å². The Kier molecular flexibility index (Phi) is 4.91. The van der Waals surface area contributed by atoms with Crippen molar-refractivity contribution in [2.24, 2.45) is 0 Å². The molecule has 2 aromatic rings. The molecular formula is C14H11IN2O2S. The van der Waals surface area contributed by atoms with Crippen LogP contribution in [-0.4, -0.2) is 16.1 Å². The summed E-state index contributed by atoms with van der Waals surface area (Å²) in [7, 11) is 0. The molecule has 3 N–H and O–H groups in total. The van der Waals surface area contributed by atoms with E-state index < -0.39 is 0 Å². The predicted molar refractivity (Wildman–Crippen MR) is 91.0 cm³/mol. The SMILES string of the molecule is O=C(NC(=S)Nc1ccccc1O)c1ccccc1I. The van der Waals surface area contributed by atoms with Gasteiger partial charge in [0.1, 0.15) is 5.75 Å². The largest absolute Gasteiger partial charge is 0.506 e. The highest BCUT2D eigenvalue weighted by Gasteiger charge is 2.11. The molecule has 0 radical (unpaired) electrons. The van der Waals surface area contributed by atoms with E-state index in [1.807, 2.05) is 12.1 Å². The number of carbonyl (C=O) groups excluding carboxylic acids is 1. The third-order valence-electron chi connectivity index (χ3n) is 2.50. The summed E-state index contributed by atoms with van der Waals surface area (Å²) in [5.41, 5.74) is 0.995. The first-order chi connectivity index (χ1) is 9.58. The Labute approximate surface area is 135 Å². The summed E-state index contributed by atoms with van der Waals surface area (Å²) < 4.78 is 0.841. The number of hydrogen-bond acceptors (Lipinski definition) is 3. The second-order valence-electron chi connectivity index (χ2n) is 3.91. The Morgan fingerprint density at radius 2 is 1.75 bits per heavy atom. The highest BCUT2D eigenvalue weighted by atomic mass is 127. The zero-order valence-electron chi connectivity index (χ0n) is 10.3. The molecule has 0 atom stereocenters. The summed E-state index contributed by atoms with van der Waals surface area (Å²) in [5.74, 6) is -0.221. The Balaban J connectivity index is 2.04. The molecule has 0 saturated carbocycles. The lowest BCUT2D eigenvalue weighted by atomic mass is 10.2. The Morgan fingerprint density at radius 3 is 2.45 bits per heavy atom. The zero-order valence-corrected chi connectivity index (χ0v) is 13.2. The van der Waals surface area contributed by atoms with Crippen LogP contribution >= 0.6 is 34.8 Å². The van der Waals surface area contributed by atoms with Crippen LogP contribution in [0.4, 0.5) is 5.69 Å². The molecule has 0 aliphatic heterocycles. The first-order valence-corrected chi connectivity index (χ1v) is 7.21. The van der Waals surface area contributed by atoms with Crippen LogP contribution in [0.3, 0.4) is 0 Å². The topological polar surface area (TPSA) is 61.4 Å². The van der Waals surface area contributed by atoms with Crippen LogP contribution in [0.1, 0.15) is 10.4 Å². The van der Waals surface area contributed by atoms with Gasteiger partial charge in [0.2, 0.25) is 0 Å². The number of hydrogen-bond donors (Lipinski definition) is 3. The lowest BCUT2D eigenvalue weighted by molar-refractivity contribution is 0.0977. The number of amides is 1. The molecule has 0 aliphatic rings. The van der Waals surface area contributed by atoms with Crippen molar-refractivity contribution in [2.75, 3.05) is 5.32 Å². The van der Waals surface area contributed by atoms with Gasteiger partial charge in [-0.15, -0.1) is 0 Å². The quantitative estimate of drug-likeness (QED) is 0.413. The van der Waals surface area contributed by atoms with Gasteiger partial charge < -0.3 is 10.4 Å². The summed E-state index contributed by atoms with van der Waals surface area (Å²) in [6.45, 7) is 0. The highest BCUT2D eigenvalue weighted by Crippen LogP contribution is 2.21. The molecule has 0 spiro atoms. The van der Waals surface area contributed by atoms with Gasteiger partial charge in [-0.1, -0.05) is 24.3 Å². The van der Waals surface area contributed by atoms with E-state index in [4.69, 9.17) is 12.2 Å². The molecule has 0 fully saturated rings. The molecule has 2 aromatic carbocycles. The fraction of sp³-hybridized carbons (Fsp3) is 0. The van der Waals surface area contributed by atoms with Gasteiger partial charge in [0.15, 0.2) is 5.11 Å². The van der Waals surface area contributed by atoms with E-state index in [9.17, 15) is 9.90 Å². The Hall–Kier alpha value is -1.67. The summed E-state index contributed by atoms with van der Waals surface area (Å²) in [5, 5.41) is 15.1. The summed E-state index contributed by atoms with van der Waals surface area (Å²) in [4.78, 5) is 12.0. The molecule has 4 nitrogen and oxygen atoms in total. The monoisotopic (exact) mass is 398 g/mol. The van der Waals surface area contributed by atoms with E-state index in [2.05, 4.69) is 33.2 Å². The summed E-state index contributed by atoms with van der Waals surface area (Å²) in [6, 6.07) is 13.9. The standard InChI is InChI=1S/C14H11IN2O2S/c15-10-6-2-1-5-9(10)13(19)17-14(20)16-11-7-3-4-8-12(11)18/h1-8,18H,(H2,16,17,19,20). The van der Waals surface area contributed by atoms with E-state index in [0.717, 1.165) is 3.57 Å². The summed E-state index contributed by atoms with van der Waals surface area (Å²) >= 11 is 7.15. The van der Waals surface area contributed by atoms with Gasteiger partial charge in [0, 0.05) is 3.57 Å². The van der Waals surface area contributed by atoms with E-state index in [-0.39, 0.29) is 16.8 Å². The van der Waals surface area contributed by atoms with Gasteiger partial charge in [0.05, 0.1) is 11.3 Å². The van der Waals surface area contributed by atoms with Crippen LogP contribution in [-0.2, 0) is 0 Å². The van der Waals surface area contributed by atoms with E-state index in [0.29, 0.717) is 11.3 Å². The summed E-state index contributed by atoms with van der Waals surface area (Å²) in [6.07, 6.45) is 0. The smallest absolute Gasteiger partial charge is 0.258 e. The zero-order chi connectivity index (χ0) is 14.5. The van der Waals surface area contributed by atoms with Gasteiger partial charge in [-0.3, -0.25) is 10.1 Å². The number of rotatable bonds is 2. The van der Waals surface area contributed by atoms with E-state index in [1.165, 1.54) is 6.07 Å². The number of phenolic OH excluding ortho intramolecular Hbond substituents is 1. The normalized spacial score (nSPS) is 9.85. The fourth-order valence-electron chi connectivity index (χ4n) is 1.55. The van der Waals surface area contributed by atoms with Crippen molar-refractivity contribution in [3.05, 3.63) is 57.7 Å². The molecule has 2 rings (SSSR count). The molecule has 0 saturated heterocycles. The number of para-hydroxylation sites is 2. The van der Waals surface area contributed by atoms with Gasteiger partial charge in [0.25, 0.3) is 5.91 Å². The molecule has 0 heterocycles. The first kappa shape index (κ1) is 14.7. The van der Waals surface area contributed by atoms with Crippen LogP contribution in [0.15, 0.2) is 48.5 Å². The Bertz CT molecular complexity index is 661. The van der Waals surface area contributed by atoms with Crippen molar-refractivity contribution in [3.63, 3.8) is 0 Å². The molecule has 0 bridgehead atoms. The van der Waals surface area contributed by atoms with Gasteiger partial charge in [-0.2, -0.15) is 0 Å². The number of carbonyl (C=O) groups is 1. The third kappa shape index (κ3) is 3.67. The van der Waals surface area contributed by atoms with Crippen LogP contribution in [0.5, 0.6) is 5.75 Å².